The predicted octanol–water partition coefficient (Wildman–Crippen LogP) is -0.447. The van der Waals surface area contributed by atoms with Crippen molar-refractivity contribution in [1.29, 1.82) is 0 Å². The number of aliphatic hydroxyl groups excluding tert-OH is 1. The number of amides is 8. The second-order valence-corrected chi connectivity index (χ2v) is 20.1. The monoisotopic (exact) mass is 1080 g/mol. The standard InChI is InChI=1S/C52H101N15O9/c1-2-3-4-5-6-7-8-9-10-22-37(68)35-44(69)61-36-45(70)62-39(28-21-34-60-52(57)58)47(72)64-43-27-15-20-33-59-46(71)38(23-11-16-29-53)63-48(73)40(24-12-17-30-54)65-49(74)41(25-13-18-31-55)66-50(75)42(67-51(43)76)26-14-19-32-56/h37-43,68H,2-36,53-56H2,1H3,(H,59,71)(H,61,69)(H,62,70)(H,63,73)(H,64,72)(H,65,74)(H,66,75)(H,67,76)(H4,57,58,60)/t37-,38?,39+,40-,41-,42?,43?/m1/s1. The van der Waals surface area contributed by atoms with Crippen LogP contribution in [0.3, 0.4) is 0 Å². The summed E-state index contributed by atoms with van der Waals surface area (Å²) in [4.78, 5) is 115. The summed E-state index contributed by atoms with van der Waals surface area (Å²) >= 11 is 0. The maximum absolute atomic E-state index is 14.4. The molecule has 1 rings (SSSR count). The highest BCUT2D eigenvalue weighted by Gasteiger charge is 2.33. The van der Waals surface area contributed by atoms with E-state index < -0.39 is 96.2 Å². The maximum atomic E-state index is 14.4. The summed E-state index contributed by atoms with van der Waals surface area (Å²) in [6, 6.07) is -6.87. The molecule has 7 atom stereocenters. The molecule has 1 fully saturated rings. The highest BCUT2D eigenvalue weighted by molar-refractivity contribution is 5.97. The molecule has 24 heteroatoms. The van der Waals surface area contributed by atoms with E-state index in [2.05, 4.69) is 54.5 Å². The third kappa shape index (κ3) is 33.1. The lowest BCUT2D eigenvalue weighted by Gasteiger charge is -2.28. The molecule has 0 aromatic rings. The van der Waals surface area contributed by atoms with Crippen LogP contribution < -0.4 is 76.9 Å². The number of guanidine groups is 1. The fourth-order valence-electron chi connectivity index (χ4n) is 8.76. The van der Waals surface area contributed by atoms with Crippen LogP contribution >= 0.6 is 0 Å². The van der Waals surface area contributed by atoms with Crippen molar-refractivity contribution in [1.82, 2.24) is 42.5 Å². The van der Waals surface area contributed by atoms with Crippen LogP contribution in [0.1, 0.15) is 187 Å². The smallest absolute Gasteiger partial charge is 0.243 e. The molecule has 3 unspecified atom stereocenters. The van der Waals surface area contributed by atoms with Gasteiger partial charge >= 0.3 is 0 Å². The molecule has 24 nitrogen and oxygen atoms in total. The SMILES string of the molecule is CCCCCCCCCCC[C@@H](O)CC(=O)NCC(=O)N[C@@H](CCCN=C(N)N)C(=O)NC1CCCCNC(=O)C(CCCCN)NC(=O)[C@@H](CCCCN)NC(=O)[C@@H](CCCCN)NC(=O)C(CCCCN)NC1=O. The van der Waals surface area contributed by atoms with Crippen LogP contribution in [-0.4, -0.2) is 146 Å². The van der Waals surface area contributed by atoms with Gasteiger partial charge < -0.3 is 82.0 Å². The third-order valence-electron chi connectivity index (χ3n) is 13.3. The topological polar surface area (TPSA) is 422 Å². The molecule has 0 spiro atoms. The number of hydrogen-bond acceptors (Lipinski definition) is 14. The minimum Gasteiger partial charge on any atom is -0.393 e. The largest absolute Gasteiger partial charge is 0.393 e. The van der Waals surface area contributed by atoms with Crippen molar-refractivity contribution in [3.05, 3.63) is 0 Å². The van der Waals surface area contributed by atoms with E-state index in [9.17, 15) is 43.5 Å². The molecule has 0 aromatic heterocycles. The Morgan fingerprint density at radius 3 is 1.51 bits per heavy atom. The van der Waals surface area contributed by atoms with E-state index in [1.807, 2.05) is 0 Å². The first-order valence-corrected chi connectivity index (χ1v) is 28.5. The number of unbranched alkanes of at least 4 members (excludes halogenated alkanes) is 12. The summed E-state index contributed by atoms with van der Waals surface area (Å²) in [5.41, 5.74) is 34.2. The quantitative estimate of drug-likeness (QED) is 0.0213. The van der Waals surface area contributed by atoms with Gasteiger partial charge in [0.1, 0.15) is 36.3 Å². The first kappa shape index (κ1) is 68.8. The van der Waals surface area contributed by atoms with Crippen molar-refractivity contribution in [3.8, 4) is 0 Å². The van der Waals surface area contributed by atoms with Gasteiger partial charge in [-0.25, -0.2) is 0 Å². The van der Waals surface area contributed by atoms with Gasteiger partial charge in [0, 0.05) is 13.1 Å². The number of carbonyl (C=O) groups is 8. The van der Waals surface area contributed by atoms with Crippen molar-refractivity contribution in [2.45, 2.75) is 229 Å². The van der Waals surface area contributed by atoms with Crippen LogP contribution in [0, 0.1) is 0 Å². The van der Waals surface area contributed by atoms with Crippen LogP contribution in [0.25, 0.3) is 0 Å². The number of nitrogens with zero attached hydrogens (tertiary/aromatic N) is 1. The van der Waals surface area contributed by atoms with Crippen LogP contribution in [0.5, 0.6) is 0 Å². The lowest BCUT2D eigenvalue weighted by atomic mass is 10.0. The average Bonchev–Trinajstić information content (AvgIpc) is 3.38. The Hall–Kier alpha value is -5.17. The van der Waals surface area contributed by atoms with Gasteiger partial charge in [0.05, 0.1) is 19.1 Å². The van der Waals surface area contributed by atoms with Gasteiger partial charge in [0.15, 0.2) is 5.96 Å². The molecule has 0 bridgehead atoms. The molecule has 0 aromatic carbocycles. The van der Waals surface area contributed by atoms with E-state index in [1.165, 1.54) is 32.1 Å². The molecule has 0 radical (unpaired) electrons. The first-order chi connectivity index (χ1) is 36.6. The summed E-state index contributed by atoms with van der Waals surface area (Å²) < 4.78 is 0. The molecule has 1 heterocycles. The second-order valence-electron chi connectivity index (χ2n) is 20.1. The molecule has 0 aliphatic carbocycles. The van der Waals surface area contributed by atoms with E-state index >= 15 is 0 Å². The zero-order chi connectivity index (χ0) is 56.4. The predicted molar refractivity (Wildman–Crippen MR) is 295 cm³/mol. The van der Waals surface area contributed by atoms with E-state index in [1.54, 1.807) is 0 Å². The number of carbonyl (C=O) groups excluding carboxylic acids is 8. The Balaban J connectivity index is 3.45. The number of hydrogen-bond donors (Lipinski definition) is 15. The first-order valence-electron chi connectivity index (χ1n) is 28.5. The van der Waals surface area contributed by atoms with E-state index in [4.69, 9.17) is 34.4 Å². The molecular weight excluding hydrogens is 979 g/mol. The van der Waals surface area contributed by atoms with Gasteiger partial charge in [-0.15, -0.1) is 0 Å². The summed E-state index contributed by atoms with van der Waals surface area (Å²) in [7, 11) is 0. The van der Waals surface area contributed by atoms with Crippen LogP contribution in [0.4, 0.5) is 0 Å². The molecule has 76 heavy (non-hydrogen) atoms. The Bertz CT molecular complexity index is 1710. The number of nitrogens with one attached hydrogen (secondary N) is 8. The number of nitrogens with two attached hydrogens (primary N) is 6. The molecule has 0 saturated carbocycles. The Morgan fingerprint density at radius 1 is 0.579 bits per heavy atom. The van der Waals surface area contributed by atoms with Gasteiger partial charge in [0.25, 0.3) is 0 Å². The lowest BCUT2D eigenvalue weighted by molar-refractivity contribution is -0.135. The summed E-state index contributed by atoms with van der Waals surface area (Å²) in [6.07, 6.45) is 15.2. The van der Waals surface area contributed by atoms with E-state index in [0.29, 0.717) is 90.4 Å². The Kier molecular flexibility index (Phi) is 39.7. The minimum atomic E-state index is -1.26. The van der Waals surface area contributed by atoms with Gasteiger partial charge in [0.2, 0.25) is 47.3 Å². The van der Waals surface area contributed by atoms with E-state index in [0.717, 1.165) is 25.7 Å². The second kappa shape index (κ2) is 43.9. The maximum Gasteiger partial charge on any atom is 0.243 e. The summed E-state index contributed by atoms with van der Waals surface area (Å²) in [5.74, 6) is -5.22. The molecule has 1 aliphatic heterocycles. The van der Waals surface area contributed by atoms with Gasteiger partial charge in [-0.3, -0.25) is 43.3 Å². The molecular formula is C52H101N15O9. The van der Waals surface area contributed by atoms with Crippen LogP contribution in [0.15, 0.2) is 4.99 Å². The normalized spacial score (nSPS) is 20.0. The summed E-state index contributed by atoms with van der Waals surface area (Å²) in [5, 5.41) is 32.5. The van der Waals surface area contributed by atoms with Gasteiger partial charge in [-0.1, -0.05) is 64.7 Å². The molecule has 21 N–H and O–H groups in total. The average molecular weight is 1080 g/mol. The van der Waals surface area contributed by atoms with Gasteiger partial charge in [-0.05, 0) is 142 Å². The molecule has 1 saturated heterocycles. The van der Waals surface area contributed by atoms with Gasteiger partial charge in [-0.2, -0.15) is 0 Å². The van der Waals surface area contributed by atoms with Crippen molar-refractivity contribution < 1.29 is 43.5 Å². The molecule has 8 amide bonds. The Labute approximate surface area is 452 Å². The zero-order valence-corrected chi connectivity index (χ0v) is 45.9. The number of aliphatic hydroxyl groups is 1. The van der Waals surface area contributed by atoms with Crippen LogP contribution in [0.2, 0.25) is 0 Å². The van der Waals surface area contributed by atoms with Crippen molar-refractivity contribution >= 4 is 53.2 Å². The van der Waals surface area contributed by atoms with Crippen molar-refractivity contribution in [2.75, 3.05) is 45.8 Å². The highest BCUT2D eigenvalue weighted by Crippen LogP contribution is 2.14. The third-order valence-corrected chi connectivity index (χ3v) is 13.3. The Morgan fingerprint density at radius 2 is 1.04 bits per heavy atom. The zero-order valence-electron chi connectivity index (χ0n) is 45.9. The van der Waals surface area contributed by atoms with Crippen molar-refractivity contribution in [3.63, 3.8) is 0 Å². The molecule has 438 valence electrons. The minimum absolute atomic E-state index is 0.0225. The van der Waals surface area contributed by atoms with Crippen molar-refractivity contribution in [2.24, 2.45) is 39.4 Å². The lowest BCUT2D eigenvalue weighted by Crippen LogP contribution is -2.59. The number of rotatable bonds is 37. The fraction of sp³-hybridized carbons (Fsp3) is 0.827. The summed E-state index contributed by atoms with van der Waals surface area (Å²) in [6.45, 7) is 3.33. The molecule has 1 aliphatic rings. The van der Waals surface area contributed by atoms with E-state index in [-0.39, 0.29) is 76.8 Å². The highest BCUT2D eigenvalue weighted by atomic mass is 16.3. The number of aliphatic imine (C=N–C) groups is 1. The van der Waals surface area contributed by atoms with Crippen LogP contribution in [-0.2, 0) is 38.4 Å². The fourth-order valence-corrected chi connectivity index (χ4v) is 8.76.